The molecule has 4 rings (SSSR count). The number of benzene rings is 3. The maximum Gasteiger partial charge on any atom is 0.221 e. The molecule has 176 valence electrons. The van der Waals surface area contributed by atoms with Crippen molar-refractivity contribution in [3.63, 3.8) is 0 Å². The number of ether oxygens (including phenoxy) is 2. The summed E-state index contributed by atoms with van der Waals surface area (Å²) in [5.74, 6) is 1.22. The fraction of sp³-hybridized carbons (Fsp3) is 0.276. The van der Waals surface area contributed by atoms with E-state index in [4.69, 9.17) is 9.47 Å². The number of methoxy groups -OCH3 is 2. The molecule has 0 saturated heterocycles. The number of aromatic nitrogens is 1. The van der Waals surface area contributed by atoms with Crippen molar-refractivity contribution in [1.82, 2.24) is 10.3 Å². The maximum atomic E-state index is 13.3. The van der Waals surface area contributed by atoms with Gasteiger partial charge < -0.3 is 19.8 Å². The zero-order valence-electron chi connectivity index (χ0n) is 20.2. The normalized spacial score (nSPS) is 12.8. The first-order valence-corrected chi connectivity index (χ1v) is 11.7. The van der Waals surface area contributed by atoms with E-state index in [2.05, 4.69) is 35.4 Å². The van der Waals surface area contributed by atoms with Gasteiger partial charge in [-0.15, -0.1) is 0 Å². The molecule has 34 heavy (non-hydrogen) atoms. The number of carbonyl (C=O) groups excluding carboxylic acids is 1. The van der Waals surface area contributed by atoms with E-state index < -0.39 is 0 Å². The second-order valence-corrected chi connectivity index (χ2v) is 8.54. The van der Waals surface area contributed by atoms with Crippen molar-refractivity contribution in [2.24, 2.45) is 0 Å². The first-order valence-electron chi connectivity index (χ1n) is 11.7. The number of rotatable bonds is 9. The molecule has 0 bridgehead atoms. The summed E-state index contributed by atoms with van der Waals surface area (Å²) in [6.07, 6.45) is 3.27. The summed E-state index contributed by atoms with van der Waals surface area (Å²) in [5.41, 5.74) is 5.52. The van der Waals surface area contributed by atoms with Crippen LogP contribution in [0.15, 0.2) is 72.9 Å². The largest absolute Gasteiger partial charge is 0.497 e. The number of aryl methyl sites for hydroxylation is 1. The van der Waals surface area contributed by atoms with Gasteiger partial charge in [-0.2, -0.15) is 0 Å². The van der Waals surface area contributed by atoms with Crippen LogP contribution in [0.25, 0.3) is 10.9 Å². The minimum atomic E-state index is -0.173. The predicted molar refractivity (Wildman–Crippen MR) is 137 cm³/mol. The predicted octanol–water partition coefficient (Wildman–Crippen LogP) is 6.15. The van der Waals surface area contributed by atoms with Crippen LogP contribution in [-0.2, 0) is 11.2 Å². The molecule has 5 nitrogen and oxygen atoms in total. The average molecular weight is 457 g/mol. The standard InChI is InChI=1S/C29H32N2O3/c1-5-20-12-9-13-25-27(18-30-29(20)25)26(22-14-23(33-3)16-24(15-22)34-4)17-28(32)31-19(2)21-10-7-6-8-11-21/h6-16,18-19,26,30H,5,17H2,1-4H3,(H,31,32). The Hall–Kier alpha value is -3.73. The molecule has 0 fully saturated rings. The summed E-state index contributed by atoms with van der Waals surface area (Å²) in [4.78, 5) is 16.8. The average Bonchev–Trinajstić information content (AvgIpc) is 3.31. The Labute approximate surface area is 201 Å². The van der Waals surface area contributed by atoms with Crippen molar-refractivity contribution < 1.29 is 14.3 Å². The molecular weight excluding hydrogens is 424 g/mol. The van der Waals surface area contributed by atoms with Crippen molar-refractivity contribution in [2.75, 3.05) is 14.2 Å². The molecule has 0 aliphatic rings. The molecule has 0 aliphatic heterocycles. The quantitative estimate of drug-likeness (QED) is 0.318. The highest BCUT2D eigenvalue weighted by Gasteiger charge is 2.24. The fourth-order valence-corrected chi connectivity index (χ4v) is 4.57. The zero-order valence-corrected chi connectivity index (χ0v) is 20.2. The van der Waals surface area contributed by atoms with Gasteiger partial charge in [0.2, 0.25) is 5.91 Å². The molecule has 2 N–H and O–H groups in total. The Kier molecular flexibility index (Phi) is 7.21. The SMILES string of the molecule is CCc1cccc2c(C(CC(=O)NC(C)c3ccccc3)c3cc(OC)cc(OC)c3)c[nH]c12. The molecule has 0 saturated carbocycles. The van der Waals surface area contributed by atoms with Crippen LogP contribution in [0, 0.1) is 0 Å². The molecule has 1 amide bonds. The number of para-hydroxylation sites is 1. The molecule has 5 heteroatoms. The Balaban J connectivity index is 1.73. The Morgan fingerprint density at radius 1 is 0.941 bits per heavy atom. The number of H-pyrrole nitrogens is 1. The summed E-state index contributed by atoms with van der Waals surface area (Å²) >= 11 is 0. The maximum absolute atomic E-state index is 13.3. The van der Waals surface area contributed by atoms with Crippen LogP contribution in [0.5, 0.6) is 11.5 Å². The topological polar surface area (TPSA) is 63.4 Å². The van der Waals surface area contributed by atoms with Gasteiger partial charge in [0.15, 0.2) is 0 Å². The van der Waals surface area contributed by atoms with Gasteiger partial charge >= 0.3 is 0 Å². The Bertz CT molecular complexity index is 1240. The number of hydrogen-bond donors (Lipinski definition) is 2. The van der Waals surface area contributed by atoms with Crippen molar-refractivity contribution in [2.45, 2.75) is 38.6 Å². The molecule has 0 aliphatic carbocycles. The van der Waals surface area contributed by atoms with E-state index in [0.29, 0.717) is 17.9 Å². The van der Waals surface area contributed by atoms with Crippen LogP contribution in [-0.4, -0.2) is 25.1 Å². The van der Waals surface area contributed by atoms with Gasteiger partial charge in [0, 0.05) is 35.5 Å². The highest BCUT2D eigenvalue weighted by molar-refractivity contribution is 5.88. The molecule has 1 heterocycles. The second kappa shape index (κ2) is 10.5. The van der Waals surface area contributed by atoms with Crippen LogP contribution in [0.1, 0.15) is 54.5 Å². The minimum absolute atomic E-state index is 0.0101. The van der Waals surface area contributed by atoms with E-state index in [0.717, 1.165) is 34.0 Å². The van der Waals surface area contributed by atoms with Gasteiger partial charge in [-0.3, -0.25) is 4.79 Å². The summed E-state index contributed by atoms with van der Waals surface area (Å²) in [6.45, 7) is 4.16. The van der Waals surface area contributed by atoms with E-state index in [1.807, 2.05) is 61.7 Å². The van der Waals surface area contributed by atoms with E-state index in [-0.39, 0.29) is 17.9 Å². The third-order valence-corrected chi connectivity index (χ3v) is 6.43. The van der Waals surface area contributed by atoms with Crippen LogP contribution >= 0.6 is 0 Å². The Morgan fingerprint density at radius 2 is 1.65 bits per heavy atom. The zero-order chi connectivity index (χ0) is 24.1. The number of nitrogens with one attached hydrogen (secondary N) is 2. The molecule has 4 aromatic rings. The molecule has 2 atom stereocenters. The lowest BCUT2D eigenvalue weighted by atomic mass is 9.87. The van der Waals surface area contributed by atoms with Gasteiger partial charge in [-0.1, -0.05) is 55.5 Å². The summed E-state index contributed by atoms with van der Waals surface area (Å²) in [6, 6.07) is 22.1. The lowest BCUT2D eigenvalue weighted by Crippen LogP contribution is -2.28. The van der Waals surface area contributed by atoms with E-state index in [9.17, 15) is 4.79 Å². The number of hydrogen-bond acceptors (Lipinski definition) is 3. The molecule has 3 aromatic carbocycles. The third-order valence-electron chi connectivity index (χ3n) is 6.43. The minimum Gasteiger partial charge on any atom is -0.497 e. The van der Waals surface area contributed by atoms with Gasteiger partial charge in [0.05, 0.1) is 20.3 Å². The number of amides is 1. The van der Waals surface area contributed by atoms with Crippen LogP contribution in [0.4, 0.5) is 0 Å². The van der Waals surface area contributed by atoms with E-state index in [1.54, 1.807) is 14.2 Å². The van der Waals surface area contributed by atoms with Crippen molar-refractivity contribution in [1.29, 1.82) is 0 Å². The molecule has 0 spiro atoms. The van der Waals surface area contributed by atoms with Gasteiger partial charge in [-0.25, -0.2) is 0 Å². The lowest BCUT2D eigenvalue weighted by Gasteiger charge is -2.21. The van der Waals surface area contributed by atoms with Crippen molar-refractivity contribution >= 4 is 16.8 Å². The highest BCUT2D eigenvalue weighted by Crippen LogP contribution is 2.37. The lowest BCUT2D eigenvalue weighted by molar-refractivity contribution is -0.121. The molecule has 0 radical (unpaired) electrons. The third kappa shape index (κ3) is 4.93. The summed E-state index contributed by atoms with van der Waals surface area (Å²) < 4.78 is 11.1. The van der Waals surface area contributed by atoms with Crippen LogP contribution < -0.4 is 14.8 Å². The fourth-order valence-electron chi connectivity index (χ4n) is 4.57. The van der Waals surface area contributed by atoms with Gasteiger partial charge in [0.1, 0.15) is 11.5 Å². The molecule has 2 unspecified atom stereocenters. The van der Waals surface area contributed by atoms with E-state index >= 15 is 0 Å². The smallest absolute Gasteiger partial charge is 0.221 e. The van der Waals surface area contributed by atoms with Crippen molar-refractivity contribution in [3.05, 3.63) is 95.2 Å². The summed E-state index contributed by atoms with van der Waals surface area (Å²) in [7, 11) is 3.28. The van der Waals surface area contributed by atoms with Crippen molar-refractivity contribution in [3.8, 4) is 11.5 Å². The van der Waals surface area contributed by atoms with Gasteiger partial charge in [0.25, 0.3) is 0 Å². The monoisotopic (exact) mass is 456 g/mol. The van der Waals surface area contributed by atoms with Crippen LogP contribution in [0.3, 0.4) is 0 Å². The number of aromatic amines is 1. The van der Waals surface area contributed by atoms with Crippen LogP contribution in [0.2, 0.25) is 0 Å². The number of fused-ring (bicyclic) bond motifs is 1. The summed E-state index contributed by atoms with van der Waals surface area (Å²) in [5, 5.41) is 4.31. The Morgan fingerprint density at radius 3 is 2.29 bits per heavy atom. The first-order chi connectivity index (χ1) is 16.5. The van der Waals surface area contributed by atoms with Gasteiger partial charge in [-0.05, 0) is 47.7 Å². The first kappa shape index (κ1) is 23.4. The number of carbonyl (C=O) groups is 1. The molecular formula is C29H32N2O3. The second-order valence-electron chi connectivity index (χ2n) is 8.54. The highest BCUT2D eigenvalue weighted by atomic mass is 16.5. The molecule has 1 aromatic heterocycles. The van der Waals surface area contributed by atoms with E-state index in [1.165, 1.54) is 5.56 Å².